The van der Waals surface area contributed by atoms with Crippen LogP contribution in [0.2, 0.25) is 10.3 Å². The number of amides is 1. The van der Waals surface area contributed by atoms with Crippen molar-refractivity contribution in [3.8, 4) is 5.75 Å². The molecule has 1 aromatic rings. The number of halogens is 2. The molecule has 1 aromatic heterocycles. The Balaban J connectivity index is 1.74. The molecule has 0 bridgehead atoms. The fourth-order valence-electron chi connectivity index (χ4n) is 2.60. The van der Waals surface area contributed by atoms with Crippen LogP contribution >= 0.6 is 23.2 Å². The molecule has 24 heavy (non-hydrogen) atoms. The van der Waals surface area contributed by atoms with E-state index in [9.17, 15) is 4.79 Å². The summed E-state index contributed by atoms with van der Waals surface area (Å²) < 4.78 is 11.0. The Morgan fingerprint density at radius 2 is 1.79 bits per heavy atom. The van der Waals surface area contributed by atoms with Crippen LogP contribution in [0.4, 0.5) is 4.79 Å². The quantitative estimate of drug-likeness (QED) is 0.796. The lowest BCUT2D eigenvalue weighted by Crippen LogP contribution is -2.41. The third-order valence-corrected chi connectivity index (χ3v) is 4.29. The van der Waals surface area contributed by atoms with E-state index in [1.54, 1.807) is 0 Å². The number of rotatable bonds is 4. The molecule has 1 amide bonds. The summed E-state index contributed by atoms with van der Waals surface area (Å²) in [7, 11) is 0. The van der Waals surface area contributed by atoms with E-state index in [0.29, 0.717) is 18.3 Å². The molecule has 0 spiro atoms. The normalized spacial score (nSPS) is 21.2. The minimum absolute atomic E-state index is 0.142. The Hall–Kier alpha value is -1.27. The van der Waals surface area contributed by atoms with Gasteiger partial charge in [-0.25, -0.2) is 14.8 Å². The summed E-state index contributed by atoms with van der Waals surface area (Å²) >= 11 is 11.9. The molecule has 1 saturated carbocycles. The van der Waals surface area contributed by atoms with Crippen molar-refractivity contribution in [3.05, 3.63) is 16.6 Å². The summed E-state index contributed by atoms with van der Waals surface area (Å²) in [5.74, 6) is 0.712. The minimum Gasteiger partial charge on any atom is -0.487 e. The zero-order valence-corrected chi connectivity index (χ0v) is 15.7. The molecule has 0 aliphatic heterocycles. The highest BCUT2D eigenvalue weighted by molar-refractivity contribution is 6.35. The van der Waals surface area contributed by atoms with Crippen LogP contribution in [0.15, 0.2) is 6.33 Å². The molecule has 1 aliphatic carbocycles. The monoisotopic (exact) mass is 375 g/mol. The second-order valence-corrected chi connectivity index (χ2v) is 7.68. The summed E-state index contributed by atoms with van der Waals surface area (Å²) in [6, 6.07) is 0.142. The van der Waals surface area contributed by atoms with Crippen molar-refractivity contribution in [1.82, 2.24) is 15.3 Å². The predicted octanol–water partition coefficient (Wildman–Crippen LogP) is 4.25. The van der Waals surface area contributed by atoms with Crippen molar-refractivity contribution in [2.75, 3.05) is 6.61 Å². The van der Waals surface area contributed by atoms with Crippen molar-refractivity contribution >= 4 is 29.3 Å². The average molecular weight is 376 g/mol. The van der Waals surface area contributed by atoms with Gasteiger partial charge in [-0.05, 0) is 52.4 Å². The van der Waals surface area contributed by atoms with Gasteiger partial charge in [-0.1, -0.05) is 23.2 Å². The SMILES string of the molecule is CC(C)(C)OC(=O)NC1CCC(COc2c(Cl)ncnc2Cl)CC1. The Morgan fingerprint density at radius 3 is 2.33 bits per heavy atom. The Morgan fingerprint density at radius 1 is 1.21 bits per heavy atom. The van der Waals surface area contributed by atoms with Gasteiger partial charge in [0.2, 0.25) is 0 Å². The maximum absolute atomic E-state index is 11.8. The van der Waals surface area contributed by atoms with Gasteiger partial charge in [0.25, 0.3) is 0 Å². The highest BCUT2D eigenvalue weighted by Crippen LogP contribution is 2.31. The Kier molecular flexibility index (Phi) is 6.52. The number of hydrogen-bond acceptors (Lipinski definition) is 5. The van der Waals surface area contributed by atoms with Gasteiger partial charge in [-0.3, -0.25) is 0 Å². The van der Waals surface area contributed by atoms with Crippen molar-refractivity contribution in [2.45, 2.75) is 58.1 Å². The lowest BCUT2D eigenvalue weighted by Gasteiger charge is -2.30. The van der Waals surface area contributed by atoms with E-state index in [1.165, 1.54) is 6.33 Å². The predicted molar refractivity (Wildman–Crippen MR) is 92.7 cm³/mol. The van der Waals surface area contributed by atoms with E-state index in [1.807, 2.05) is 20.8 Å². The van der Waals surface area contributed by atoms with Crippen LogP contribution in [0.1, 0.15) is 46.5 Å². The first kappa shape index (κ1) is 19.1. The zero-order chi connectivity index (χ0) is 17.7. The number of hydrogen-bond donors (Lipinski definition) is 1. The summed E-state index contributed by atoms with van der Waals surface area (Å²) in [4.78, 5) is 19.5. The topological polar surface area (TPSA) is 73.3 Å². The molecule has 1 aliphatic rings. The lowest BCUT2D eigenvalue weighted by atomic mass is 9.86. The third kappa shape index (κ3) is 5.98. The van der Waals surface area contributed by atoms with E-state index in [4.69, 9.17) is 32.7 Å². The average Bonchev–Trinajstić information content (AvgIpc) is 2.46. The maximum atomic E-state index is 11.8. The largest absolute Gasteiger partial charge is 0.487 e. The summed E-state index contributed by atoms with van der Waals surface area (Å²) in [5, 5.41) is 3.36. The Bertz CT molecular complexity index is 550. The molecular weight excluding hydrogens is 353 g/mol. The van der Waals surface area contributed by atoms with Crippen molar-refractivity contribution in [1.29, 1.82) is 0 Å². The molecule has 0 saturated heterocycles. The lowest BCUT2D eigenvalue weighted by molar-refractivity contribution is 0.0483. The van der Waals surface area contributed by atoms with E-state index in [-0.39, 0.29) is 22.4 Å². The van der Waals surface area contributed by atoms with E-state index in [0.717, 1.165) is 25.7 Å². The van der Waals surface area contributed by atoms with Gasteiger partial charge in [-0.2, -0.15) is 0 Å². The number of carbonyl (C=O) groups is 1. The fourth-order valence-corrected chi connectivity index (χ4v) is 3.02. The third-order valence-electron chi connectivity index (χ3n) is 3.75. The summed E-state index contributed by atoms with van der Waals surface area (Å²) in [6.07, 6.45) is 4.61. The van der Waals surface area contributed by atoms with E-state index >= 15 is 0 Å². The number of alkyl carbamates (subject to hydrolysis) is 1. The molecule has 1 N–H and O–H groups in total. The van der Waals surface area contributed by atoms with Gasteiger partial charge < -0.3 is 14.8 Å². The van der Waals surface area contributed by atoms with Crippen LogP contribution in [-0.4, -0.2) is 34.3 Å². The van der Waals surface area contributed by atoms with E-state index < -0.39 is 5.60 Å². The molecule has 6 nitrogen and oxygen atoms in total. The Labute approximate surface area is 152 Å². The first-order chi connectivity index (χ1) is 11.2. The van der Waals surface area contributed by atoms with Gasteiger partial charge in [0.05, 0.1) is 6.61 Å². The number of carbonyl (C=O) groups excluding carboxylic acids is 1. The van der Waals surface area contributed by atoms with Crippen LogP contribution in [0.3, 0.4) is 0 Å². The maximum Gasteiger partial charge on any atom is 0.407 e. The number of nitrogens with one attached hydrogen (secondary N) is 1. The van der Waals surface area contributed by atoms with Crippen LogP contribution in [0, 0.1) is 5.92 Å². The van der Waals surface area contributed by atoms with Gasteiger partial charge in [0.15, 0.2) is 16.1 Å². The zero-order valence-electron chi connectivity index (χ0n) is 14.1. The molecular formula is C16H23Cl2N3O3. The van der Waals surface area contributed by atoms with Gasteiger partial charge >= 0.3 is 6.09 Å². The number of ether oxygens (including phenoxy) is 2. The highest BCUT2D eigenvalue weighted by atomic mass is 35.5. The molecule has 2 rings (SSSR count). The molecule has 0 unspecified atom stereocenters. The summed E-state index contributed by atoms with van der Waals surface area (Å²) in [5.41, 5.74) is -0.481. The van der Waals surface area contributed by atoms with Crippen LogP contribution < -0.4 is 10.1 Å². The fraction of sp³-hybridized carbons (Fsp3) is 0.688. The van der Waals surface area contributed by atoms with Gasteiger partial charge in [-0.15, -0.1) is 0 Å². The second-order valence-electron chi connectivity index (χ2n) is 6.96. The minimum atomic E-state index is -0.481. The molecule has 0 radical (unpaired) electrons. The van der Waals surface area contributed by atoms with Crippen LogP contribution in [0.5, 0.6) is 5.75 Å². The smallest absolute Gasteiger partial charge is 0.407 e. The first-order valence-electron chi connectivity index (χ1n) is 8.03. The number of nitrogens with zero attached hydrogens (tertiary/aromatic N) is 2. The molecule has 1 fully saturated rings. The molecule has 8 heteroatoms. The van der Waals surface area contributed by atoms with E-state index in [2.05, 4.69) is 15.3 Å². The standard InChI is InChI=1S/C16H23Cl2N3O3/c1-16(2,3)24-15(22)21-11-6-4-10(5-7-11)8-23-12-13(17)19-9-20-14(12)18/h9-11H,4-8H2,1-3H3,(H,21,22). The van der Waals surface area contributed by atoms with Crippen molar-refractivity contribution in [3.63, 3.8) is 0 Å². The number of aromatic nitrogens is 2. The van der Waals surface area contributed by atoms with Crippen LogP contribution in [0.25, 0.3) is 0 Å². The summed E-state index contributed by atoms with van der Waals surface area (Å²) in [6.45, 7) is 6.06. The van der Waals surface area contributed by atoms with Crippen molar-refractivity contribution < 1.29 is 14.3 Å². The second kappa shape index (κ2) is 8.21. The highest BCUT2D eigenvalue weighted by Gasteiger charge is 2.25. The van der Waals surface area contributed by atoms with Gasteiger partial charge in [0.1, 0.15) is 11.9 Å². The molecule has 1 heterocycles. The molecule has 0 atom stereocenters. The molecule has 0 aromatic carbocycles. The molecule has 134 valence electrons. The van der Waals surface area contributed by atoms with Crippen LogP contribution in [-0.2, 0) is 4.74 Å². The van der Waals surface area contributed by atoms with Gasteiger partial charge in [0, 0.05) is 6.04 Å². The first-order valence-corrected chi connectivity index (χ1v) is 8.78. The van der Waals surface area contributed by atoms with Crippen molar-refractivity contribution in [2.24, 2.45) is 5.92 Å².